The van der Waals surface area contributed by atoms with Crippen LogP contribution >= 0.6 is 0 Å². The third-order valence-corrected chi connectivity index (χ3v) is 9.02. The van der Waals surface area contributed by atoms with E-state index in [0.717, 1.165) is 44.9 Å². The van der Waals surface area contributed by atoms with Gasteiger partial charge in [0.15, 0.2) is 20.9 Å². The number of halogens is 1. The molecule has 1 heterocycles. The number of hydroxylamine groups is 1. The molecule has 1 aliphatic carbocycles. The van der Waals surface area contributed by atoms with Crippen molar-refractivity contribution in [3.05, 3.63) is 35.3 Å². The van der Waals surface area contributed by atoms with Crippen molar-refractivity contribution in [2.45, 2.75) is 108 Å². The van der Waals surface area contributed by atoms with Gasteiger partial charge in [0.25, 0.3) is 5.91 Å². The standard InChI is InChI=1S/C25H40FNO5S/c1-4-6-7-8-9-11-18-25(5-2,23(28)27-32-22-15-10-12-20-31-22)33(29,30)21-14-13-17-24(3,26)19-16-21/h13-14,16-17,19,22H,4-12,15,18,20H2,1-3H3,(H,27,28). The molecular weight excluding hydrogens is 445 g/mol. The van der Waals surface area contributed by atoms with E-state index in [2.05, 4.69) is 12.4 Å². The van der Waals surface area contributed by atoms with E-state index >= 15 is 0 Å². The summed E-state index contributed by atoms with van der Waals surface area (Å²) < 4.78 is 45.8. The van der Waals surface area contributed by atoms with Crippen LogP contribution in [0.2, 0.25) is 0 Å². The summed E-state index contributed by atoms with van der Waals surface area (Å²) in [5, 5.41) is 0. The number of allylic oxidation sites excluding steroid dienone is 5. The van der Waals surface area contributed by atoms with Crippen LogP contribution in [0.3, 0.4) is 0 Å². The molecule has 8 heteroatoms. The fourth-order valence-corrected chi connectivity index (χ4v) is 6.23. The van der Waals surface area contributed by atoms with Gasteiger partial charge in [-0.2, -0.15) is 0 Å². The van der Waals surface area contributed by atoms with Crippen molar-refractivity contribution in [2.75, 3.05) is 6.61 Å². The summed E-state index contributed by atoms with van der Waals surface area (Å²) in [5.41, 5.74) is 0.638. The van der Waals surface area contributed by atoms with Crippen molar-refractivity contribution in [1.82, 2.24) is 5.48 Å². The number of hydrogen-bond acceptors (Lipinski definition) is 5. The molecule has 3 atom stereocenters. The summed E-state index contributed by atoms with van der Waals surface area (Å²) in [7, 11) is -4.14. The number of carbonyl (C=O) groups is 1. The zero-order valence-electron chi connectivity index (χ0n) is 20.3. The van der Waals surface area contributed by atoms with Crippen molar-refractivity contribution in [3.8, 4) is 0 Å². The van der Waals surface area contributed by atoms with Gasteiger partial charge in [-0.15, -0.1) is 0 Å². The van der Waals surface area contributed by atoms with Crippen LogP contribution in [-0.2, 0) is 24.2 Å². The summed E-state index contributed by atoms with van der Waals surface area (Å²) in [6.45, 7) is 5.72. The van der Waals surface area contributed by atoms with Crippen LogP contribution in [0.5, 0.6) is 0 Å². The molecule has 3 unspecified atom stereocenters. The number of unbranched alkanes of at least 4 members (excludes halogenated alkanes) is 5. The third-order valence-electron chi connectivity index (χ3n) is 6.42. The lowest BCUT2D eigenvalue weighted by atomic mass is 9.96. The molecule has 188 valence electrons. The van der Waals surface area contributed by atoms with Crippen LogP contribution in [0.15, 0.2) is 35.3 Å². The molecule has 0 bridgehead atoms. The Bertz CT molecular complexity index is 828. The molecule has 1 saturated heterocycles. The number of amides is 1. The number of carbonyl (C=O) groups excluding carboxylic acids is 1. The van der Waals surface area contributed by atoms with Crippen LogP contribution in [0.1, 0.15) is 91.4 Å². The maximum Gasteiger partial charge on any atom is 0.265 e. The first-order valence-electron chi connectivity index (χ1n) is 12.3. The molecule has 0 saturated carbocycles. The first-order chi connectivity index (χ1) is 15.7. The number of rotatable bonds is 13. The van der Waals surface area contributed by atoms with Crippen molar-refractivity contribution in [3.63, 3.8) is 0 Å². The van der Waals surface area contributed by atoms with Gasteiger partial charge < -0.3 is 4.74 Å². The molecule has 6 nitrogen and oxygen atoms in total. The maximum absolute atomic E-state index is 14.4. The Kier molecular flexibility index (Phi) is 10.8. The SMILES string of the molecule is CCCCCCCCC(CC)(C(=O)NOC1CCCCO1)S(=O)(=O)C1=CC=CC(C)(F)C=C1. The highest BCUT2D eigenvalue weighted by molar-refractivity contribution is 7.97. The fraction of sp³-hybridized carbons (Fsp3) is 0.720. The van der Waals surface area contributed by atoms with E-state index in [0.29, 0.717) is 19.4 Å². The molecular formula is C25H40FNO5S. The average Bonchev–Trinajstić information content (AvgIpc) is 2.98. The van der Waals surface area contributed by atoms with Gasteiger partial charge in [-0.05, 0) is 56.9 Å². The highest BCUT2D eigenvalue weighted by Gasteiger charge is 2.50. The predicted octanol–water partition coefficient (Wildman–Crippen LogP) is 5.61. The van der Waals surface area contributed by atoms with Gasteiger partial charge in [-0.1, -0.05) is 58.4 Å². The van der Waals surface area contributed by atoms with Crippen molar-refractivity contribution < 1.29 is 27.2 Å². The van der Waals surface area contributed by atoms with Crippen LogP contribution < -0.4 is 5.48 Å². The maximum atomic E-state index is 14.4. The molecule has 0 radical (unpaired) electrons. The van der Waals surface area contributed by atoms with Crippen LogP contribution in [-0.4, -0.2) is 37.6 Å². The summed E-state index contributed by atoms with van der Waals surface area (Å²) in [5.74, 6) is -0.696. The average molecular weight is 486 g/mol. The van der Waals surface area contributed by atoms with Gasteiger partial charge in [0.1, 0.15) is 5.67 Å². The van der Waals surface area contributed by atoms with Gasteiger partial charge in [0.05, 0.1) is 4.91 Å². The highest BCUT2D eigenvalue weighted by atomic mass is 32.2. The lowest BCUT2D eigenvalue weighted by molar-refractivity contribution is -0.201. The van der Waals surface area contributed by atoms with Gasteiger partial charge in [0, 0.05) is 13.0 Å². The van der Waals surface area contributed by atoms with E-state index < -0.39 is 32.5 Å². The zero-order valence-corrected chi connectivity index (χ0v) is 21.1. The van der Waals surface area contributed by atoms with Crippen molar-refractivity contribution in [2.24, 2.45) is 0 Å². The van der Waals surface area contributed by atoms with E-state index in [1.165, 1.54) is 37.3 Å². The van der Waals surface area contributed by atoms with E-state index in [1.54, 1.807) is 6.92 Å². The van der Waals surface area contributed by atoms with Crippen molar-refractivity contribution >= 4 is 15.7 Å². The Hall–Kier alpha value is -1.51. The monoisotopic (exact) mass is 485 g/mol. The molecule has 0 aromatic carbocycles. The number of ether oxygens (including phenoxy) is 1. The Labute approximate surface area is 198 Å². The number of nitrogens with one attached hydrogen (secondary N) is 1. The number of sulfone groups is 1. The molecule has 1 amide bonds. The molecule has 0 aromatic heterocycles. The van der Waals surface area contributed by atoms with E-state index in [4.69, 9.17) is 9.57 Å². The Morgan fingerprint density at radius 1 is 1.21 bits per heavy atom. The minimum Gasteiger partial charge on any atom is -0.350 e. The molecule has 0 aromatic rings. The highest BCUT2D eigenvalue weighted by Crippen LogP contribution is 2.36. The second-order valence-electron chi connectivity index (χ2n) is 9.13. The number of alkyl halides is 1. The largest absolute Gasteiger partial charge is 0.350 e. The quantitative estimate of drug-likeness (QED) is 0.271. The number of hydrogen-bond donors (Lipinski definition) is 1. The lowest BCUT2D eigenvalue weighted by Gasteiger charge is -2.32. The fourth-order valence-electron chi connectivity index (χ4n) is 4.20. The topological polar surface area (TPSA) is 81.7 Å². The molecule has 1 N–H and O–H groups in total. The summed E-state index contributed by atoms with van der Waals surface area (Å²) in [6, 6.07) is 0. The van der Waals surface area contributed by atoms with E-state index in [-0.39, 0.29) is 17.7 Å². The van der Waals surface area contributed by atoms with Gasteiger partial charge in [0.2, 0.25) is 0 Å². The van der Waals surface area contributed by atoms with E-state index in [1.807, 2.05) is 0 Å². The lowest BCUT2D eigenvalue weighted by Crippen LogP contribution is -2.53. The van der Waals surface area contributed by atoms with Crippen molar-refractivity contribution in [1.29, 1.82) is 0 Å². The molecule has 0 spiro atoms. The third kappa shape index (κ3) is 7.49. The summed E-state index contributed by atoms with van der Waals surface area (Å²) in [4.78, 5) is 18.8. The molecule has 2 aliphatic rings. The first-order valence-corrected chi connectivity index (χ1v) is 13.8. The van der Waals surface area contributed by atoms with E-state index in [9.17, 15) is 17.6 Å². The van der Waals surface area contributed by atoms with Gasteiger partial charge in [-0.3, -0.25) is 4.79 Å². The summed E-state index contributed by atoms with van der Waals surface area (Å²) in [6.07, 6.45) is 14.4. The Morgan fingerprint density at radius 3 is 2.61 bits per heavy atom. The first kappa shape index (κ1) is 27.7. The molecule has 1 fully saturated rings. The predicted molar refractivity (Wildman–Crippen MR) is 129 cm³/mol. The Balaban J connectivity index is 2.26. The van der Waals surface area contributed by atoms with Crippen LogP contribution in [0.4, 0.5) is 4.39 Å². The minimum atomic E-state index is -4.14. The Morgan fingerprint density at radius 2 is 1.94 bits per heavy atom. The van der Waals surface area contributed by atoms with Crippen LogP contribution in [0, 0.1) is 0 Å². The molecule has 1 aliphatic heterocycles. The van der Waals surface area contributed by atoms with Gasteiger partial charge in [-0.25, -0.2) is 23.1 Å². The normalized spacial score (nSPS) is 25.2. The molecule has 2 rings (SSSR count). The van der Waals surface area contributed by atoms with Crippen LogP contribution in [0.25, 0.3) is 0 Å². The second-order valence-corrected chi connectivity index (χ2v) is 11.4. The van der Waals surface area contributed by atoms with Gasteiger partial charge >= 0.3 is 0 Å². The minimum absolute atomic E-state index is 0.0722. The second kappa shape index (κ2) is 12.8. The zero-order chi connectivity index (χ0) is 24.4. The molecule has 33 heavy (non-hydrogen) atoms. The summed E-state index contributed by atoms with van der Waals surface area (Å²) >= 11 is 0. The smallest absolute Gasteiger partial charge is 0.265 e.